The van der Waals surface area contributed by atoms with E-state index in [1.165, 1.54) is 6.08 Å². The highest BCUT2D eigenvalue weighted by Crippen LogP contribution is 2.28. The van der Waals surface area contributed by atoms with E-state index in [1.807, 2.05) is 24.3 Å². The highest BCUT2D eigenvalue weighted by molar-refractivity contribution is 14.1. The van der Waals surface area contributed by atoms with E-state index in [0.29, 0.717) is 5.56 Å². The van der Waals surface area contributed by atoms with E-state index in [2.05, 4.69) is 55.1 Å². The van der Waals surface area contributed by atoms with Crippen LogP contribution < -0.4 is 0 Å². The molecule has 0 radical (unpaired) electrons. The minimum atomic E-state index is -0.391. The number of hydrogen-bond acceptors (Lipinski definition) is 3. The van der Waals surface area contributed by atoms with Crippen LogP contribution >= 0.6 is 38.5 Å². The van der Waals surface area contributed by atoms with Gasteiger partial charge >= 0.3 is 5.97 Å². The number of aromatic nitrogens is 2. The predicted octanol–water partition coefficient (Wildman–Crippen LogP) is 4.94. The van der Waals surface area contributed by atoms with Crippen LogP contribution in [0.5, 0.6) is 0 Å². The standard InChI is InChI=1S/C17H12BrIN2O2/c1-2-7-23-17(22)11-8-13(18)15-14(9-11)20-16(21-15)10-3-5-12(19)6-4-10/h2-6,8-9H,1,7H2,(H,20,21). The van der Waals surface area contributed by atoms with Crippen LogP contribution in [0.2, 0.25) is 0 Å². The first-order valence-corrected chi connectivity index (χ1v) is 8.69. The van der Waals surface area contributed by atoms with E-state index in [4.69, 9.17) is 4.74 Å². The number of fused-ring (bicyclic) bond motifs is 1. The monoisotopic (exact) mass is 482 g/mol. The lowest BCUT2D eigenvalue weighted by Gasteiger charge is -2.02. The van der Waals surface area contributed by atoms with E-state index >= 15 is 0 Å². The third kappa shape index (κ3) is 3.48. The minimum Gasteiger partial charge on any atom is -0.458 e. The van der Waals surface area contributed by atoms with Crippen molar-refractivity contribution >= 4 is 55.5 Å². The molecule has 0 amide bonds. The van der Waals surface area contributed by atoms with Crippen LogP contribution in [0.3, 0.4) is 0 Å². The Balaban J connectivity index is 2.02. The number of H-pyrrole nitrogens is 1. The van der Waals surface area contributed by atoms with Crippen molar-refractivity contribution in [3.8, 4) is 11.4 Å². The molecule has 0 bridgehead atoms. The molecule has 116 valence electrons. The summed E-state index contributed by atoms with van der Waals surface area (Å²) >= 11 is 5.73. The van der Waals surface area contributed by atoms with Gasteiger partial charge < -0.3 is 9.72 Å². The summed E-state index contributed by atoms with van der Waals surface area (Å²) in [6.07, 6.45) is 1.54. The van der Waals surface area contributed by atoms with Gasteiger partial charge in [0.05, 0.1) is 11.1 Å². The Morgan fingerprint density at radius 2 is 2.09 bits per heavy atom. The third-order valence-corrected chi connectivity index (χ3v) is 4.55. The number of esters is 1. The Morgan fingerprint density at radius 1 is 1.35 bits per heavy atom. The summed E-state index contributed by atoms with van der Waals surface area (Å²) in [6.45, 7) is 3.72. The fourth-order valence-electron chi connectivity index (χ4n) is 2.16. The third-order valence-electron chi connectivity index (χ3n) is 3.23. The van der Waals surface area contributed by atoms with Gasteiger partial charge in [-0.2, -0.15) is 0 Å². The minimum absolute atomic E-state index is 0.186. The zero-order valence-corrected chi connectivity index (χ0v) is 15.7. The summed E-state index contributed by atoms with van der Waals surface area (Å²) in [5, 5.41) is 0. The number of nitrogens with one attached hydrogen (secondary N) is 1. The highest BCUT2D eigenvalue weighted by Gasteiger charge is 2.14. The normalized spacial score (nSPS) is 10.7. The maximum absolute atomic E-state index is 12.0. The average Bonchev–Trinajstić information content (AvgIpc) is 2.98. The number of ether oxygens (including phenoxy) is 1. The molecule has 0 atom stereocenters. The number of imidazole rings is 1. The number of hydrogen-bond donors (Lipinski definition) is 1. The van der Waals surface area contributed by atoms with Crippen molar-refractivity contribution in [2.75, 3.05) is 6.61 Å². The molecule has 4 nitrogen and oxygen atoms in total. The van der Waals surface area contributed by atoms with E-state index in [9.17, 15) is 4.79 Å². The number of nitrogens with zero attached hydrogens (tertiary/aromatic N) is 1. The molecule has 23 heavy (non-hydrogen) atoms. The maximum atomic E-state index is 12.0. The summed E-state index contributed by atoms with van der Waals surface area (Å²) in [5.41, 5.74) is 3.01. The van der Waals surface area contributed by atoms with E-state index in [-0.39, 0.29) is 6.61 Å². The molecule has 3 rings (SSSR count). The number of halogens is 2. The van der Waals surface area contributed by atoms with E-state index in [0.717, 1.165) is 30.5 Å². The summed E-state index contributed by atoms with van der Waals surface area (Å²) < 4.78 is 6.98. The highest BCUT2D eigenvalue weighted by atomic mass is 127. The first kappa shape index (κ1) is 16.2. The molecule has 1 aromatic heterocycles. The Bertz CT molecular complexity index is 887. The van der Waals surface area contributed by atoms with Gasteiger partial charge in [-0.05, 0) is 62.8 Å². The molecule has 0 aliphatic carbocycles. The van der Waals surface area contributed by atoms with E-state index < -0.39 is 5.97 Å². The van der Waals surface area contributed by atoms with Crippen molar-refractivity contribution < 1.29 is 9.53 Å². The van der Waals surface area contributed by atoms with Gasteiger partial charge in [0.25, 0.3) is 0 Å². The van der Waals surface area contributed by atoms with Gasteiger partial charge in [-0.1, -0.05) is 24.8 Å². The summed E-state index contributed by atoms with van der Waals surface area (Å²) in [5.74, 6) is 0.367. The van der Waals surface area contributed by atoms with Gasteiger partial charge in [-0.3, -0.25) is 0 Å². The first-order chi connectivity index (χ1) is 11.1. The maximum Gasteiger partial charge on any atom is 0.338 e. The number of carbonyl (C=O) groups excluding carboxylic acids is 1. The zero-order chi connectivity index (χ0) is 16.4. The lowest BCUT2D eigenvalue weighted by molar-refractivity contribution is 0.0550. The molecule has 0 fully saturated rings. The van der Waals surface area contributed by atoms with Crippen LogP contribution in [0.25, 0.3) is 22.4 Å². The molecule has 0 unspecified atom stereocenters. The lowest BCUT2D eigenvalue weighted by Crippen LogP contribution is -2.05. The second-order valence-electron chi connectivity index (χ2n) is 4.83. The van der Waals surface area contributed by atoms with Crippen molar-refractivity contribution in [3.05, 3.63) is 62.7 Å². The molecule has 2 aromatic carbocycles. The molecule has 3 aromatic rings. The van der Waals surface area contributed by atoms with Gasteiger partial charge in [0.1, 0.15) is 17.9 Å². The van der Waals surface area contributed by atoms with Crippen molar-refractivity contribution in [1.82, 2.24) is 9.97 Å². The van der Waals surface area contributed by atoms with Crippen molar-refractivity contribution in [2.24, 2.45) is 0 Å². The second kappa shape index (κ2) is 6.84. The second-order valence-corrected chi connectivity index (χ2v) is 6.93. The van der Waals surface area contributed by atoms with Crippen LogP contribution in [-0.4, -0.2) is 22.5 Å². The van der Waals surface area contributed by atoms with Crippen LogP contribution in [0.4, 0.5) is 0 Å². The summed E-state index contributed by atoms with van der Waals surface area (Å²) in [6, 6.07) is 11.5. The Hall–Kier alpha value is -1.67. The van der Waals surface area contributed by atoms with Crippen molar-refractivity contribution in [2.45, 2.75) is 0 Å². The van der Waals surface area contributed by atoms with Gasteiger partial charge in [0.2, 0.25) is 0 Å². The summed E-state index contributed by atoms with van der Waals surface area (Å²) in [7, 11) is 0. The molecular weight excluding hydrogens is 471 g/mol. The topological polar surface area (TPSA) is 55.0 Å². The quantitative estimate of drug-likeness (QED) is 0.325. The molecule has 0 aliphatic rings. The fraction of sp³-hybridized carbons (Fsp3) is 0.0588. The molecule has 6 heteroatoms. The molecule has 1 N–H and O–H groups in total. The lowest BCUT2D eigenvalue weighted by atomic mass is 10.2. The Labute approximate surface area is 155 Å². The molecule has 0 saturated heterocycles. The number of benzene rings is 2. The predicted molar refractivity (Wildman–Crippen MR) is 102 cm³/mol. The molecule has 0 saturated carbocycles. The first-order valence-electron chi connectivity index (χ1n) is 6.81. The van der Waals surface area contributed by atoms with Gasteiger partial charge in [-0.15, -0.1) is 0 Å². The SMILES string of the molecule is C=CCOC(=O)c1cc(Br)c2nc(-c3ccc(I)cc3)[nH]c2c1. The van der Waals surface area contributed by atoms with Crippen LogP contribution in [0.15, 0.2) is 53.5 Å². The zero-order valence-electron chi connectivity index (χ0n) is 12.0. The average molecular weight is 483 g/mol. The largest absolute Gasteiger partial charge is 0.458 e. The summed E-state index contributed by atoms with van der Waals surface area (Å²) in [4.78, 5) is 19.8. The van der Waals surface area contributed by atoms with Crippen LogP contribution in [0, 0.1) is 3.57 Å². The number of aromatic amines is 1. The fourth-order valence-corrected chi connectivity index (χ4v) is 3.06. The Morgan fingerprint density at radius 3 is 2.78 bits per heavy atom. The molecule has 0 spiro atoms. The van der Waals surface area contributed by atoms with Crippen molar-refractivity contribution in [1.29, 1.82) is 0 Å². The Kier molecular flexibility index (Phi) is 4.82. The number of carbonyl (C=O) groups is 1. The van der Waals surface area contributed by atoms with Gasteiger partial charge in [0.15, 0.2) is 0 Å². The van der Waals surface area contributed by atoms with Crippen LogP contribution in [0.1, 0.15) is 10.4 Å². The molecule has 1 heterocycles. The van der Waals surface area contributed by atoms with Gasteiger partial charge in [-0.25, -0.2) is 9.78 Å². The molecule has 0 aliphatic heterocycles. The smallest absolute Gasteiger partial charge is 0.338 e. The van der Waals surface area contributed by atoms with Crippen molar-refractivity contribution in [3.63, 3.8) is 0 Å². The molecular formula is C17H12BrIN2O2. The van der Waals surface area contributed by atoms with E-state index in [1.54, 1.807) is 12.1 Å². The van der Waals surface area contributed by atoms with Crippen LogP contribution in [-0.2, 0) is 4.74 Å². The van der Waals surface area contributed by atoms with Gasteiger partial charge in [0, 0.05) is 13.6 Å². The number of rotatable bonds is 4.